The van der Waals surface area contributed by atoms with Crippen molar-refractivity contribution in [2.75, 3.05) is 19.8 Å². The fourth-order valence-corrected chi connectivity index (χ4v) is 3.12. The molecule has 0 aliphatic carbocycles. The van der Waals surface area contributed by atoms with E-state index in [1.165, 1.54) is 43.2 Å². The number of nitrogens with one attached hydrogen (secondary N) is 1. The van der Waals surface area contributed by atoms with E-state index in [1.54, 1.807) is 0 Å². The van der Waals surface area contributed by atoms with Crippen LogP contribution in [0.25, 0.3) is 0 Å². The molecule has 0 spiro atoms. The van der Waals surface area contributed by atoms with Gasteiger partial charge in [-0.2, -0.15) is 0 Å². The fourth-order valence-electron chi connectivity index (χ4n) is 3.12. The van der Waals surface area contributed by atoms with Gasteiger partial charge < -0.3 is 10.1 Å². The molecule has 2 atom stereocenters. The third-order valence-electron chi connectivity index (χ3n) is 4.41. The summed E-state index contributed by atoms with van der Waals surface area (Å²) in [4.78, 5) is 0. The van der Waals surface area contributed by atoms with Crippen LogP contribution in [0.1, 0.15) is 43.7 Å². The van der Waals surface area contributed by atoms with Gasteiger partial charge in [0.1, 0.15) is 0 Å². The summed E-state index contributed by atoms with van der Waals surface area (Å²) in [6.07, 6.45) is 6.13. The zero-order valence-electron chi connectivity index (χ0n) is 13.0. The normalized spacial score (nSPS) is 20.8. The molecule has 2 heteroatoms. The Hall–Kier alpha value is -0.860. The highest BCUT2D eigenvalue weighted by molar-refractivity contribution is 5.25. The van der Waals surface area contributed by atoms with E-state index in [9.17, 15) is 0 Å². The van der Waals surface area contributed by atoms with Crippen LogP contribution >= 0.6 is 0 Å². The lowest BCUT2D eigenvalue weighted by molar-refractivity contribution is 0.0380. The zero-order chi connectivity index (χ0) is 14.2. The van der Waals surface area contributed by atoms with Gasteiger partial charge in [-0.15, -0.1) is 0 Å². The van der Waals surface area contributed by atoms with Gasteiger partial charge in [-0.05, 0) is 62.6 Å². The van der Waals surface area contributed by atoms with E-state index in [0.29, 0.717) is 12.0 Å². The molecule has 1 aromatic rings. The van der Waals surface area contributed by atoms with Crippen molar-refractivity contribution < 1.29 is 4.74 Å². The summed E-state index contributed by atoms with van der Waals surface area (Å²) >= 11 is 0. The van der Waals surface area contributed by atoms with Gasteiger partial charge in [0.05, 0.1) is 6.61 Å². The monoisotopic (exact) mass is 275 g/mol. The Labute approximate surface area is 123 Å². The van der Waals surface area contributed by atoms with Crippen LogP contribution in [0, 0.1) is 12.8 Å². The first kappa shape index (κ1) is 15.5. The molecule has 20 heavy (non-hydrogen) atoms. The highest BCUT2D eigenvalue weighted by Crippen LogP contribution is 2.21. The summed E-state index contributed by atoms with van der Waals surface area (Å²) in [5.74, 6) is 0.694. The van der Waals surface area contributed by atoms with Gasteiger partial charge in [-0.25, -0.2) is 0 Å². The van der Waals surface area contributed by atoms with Crippen molar-refractivity contribution in [2.24, 2.45) is 5.92 Å². The van der Waals surface area contributed by atoms with Crippen molar-refractivity contribution in [2.45, 2.75) is 52.0 Å². The Bertz CT molecular complexity index is 385. The molecule has 0 saturated carbocycles. The molecule has 1 aliphatic rings. The minimum absolute atomic E-state index is 0.606. The van der Waals surface area contributed by atoms with Gasteiger partial charge in [-0.1, -0.05) is 31.2 Å². The predicted octanol–water partition coefficient (Wildman–Crippen LogP) is 3.72. The molecule has 2 rings (SSSR count). The second-order valence-electron chi connectivity index (χ2n) is 6.00. The van der Waals surface area contributed by atoms with E-state index in [4.69, 9.17) is 4.74 Å². The van der Waals surface area contributed by atoms with Gasteiger partial charge in [0, 0.05) is 12.6 Å². The third-order valence-corrected chi connectivity index (χ3v) is 4.41. The van der Waals surface area contributed by atoms with Crippen molar-refractivity contribution in [3.05, 3.63) is 35.4 Å². The molecule has 2 nitrogen and oxygen atoms in total. The average molecular weight is 275 g/mol. The molecule has 1 fully saturated rings. The molecular formula is C18H29NO. The molecule has 1 N–H and O–H groups in total. The van der Waals surface area contributed by atoms with Gasteiger partial charge in [0.25, 0.3) is 0 Å². The second kappa shape index (κ2) is 8.43. The molecule has 112 valence electrons. The minimum atomic E-state index is 0.606. The quantitative estimate of drug-likeness (QED) is 0.819. The van der Waals surface area contributed by atoms with Gasteiger partial charge >= 0.3 is 0 Å². The summed E-state index contributed by atoms with van der Waals surface area (Å²) in [6, 6.07) is 9.37. The predicted molar refractivity (Wildman–Crippen MR) is 85.1 cm³/mol. The average Bonchev–Trinajstić information content (AvgIpc) is 2.50. The molecule has 2 unspecified atom stereocenters. The smallest absolute Gasteiger partial charge is 0.0509 e. The van der Waals surface area contributed by atoms with Crippen LogP contribution in [0.5, 0.6) is 0 Å². The maximum absolute atomic E-state index is 5.68. The SMILES string of the molecule is CCCNC(CCc1ccccc1C)C1CCCOC1. The first-order valence-corrected chi connectivity index (χ1v) is 8.17. The minimum Gasteiger partial charge on any atom is -0.381 e. The standard InChI is InChI=1S/C18H29NO/c1-3-12-19-18(17-9-6-13-20-14-17)11-10-16-8-5-4-7-15(16)2/h4-5,7-8,17-19H,3,6,9-14H2,1-2H3. The van der Waals surface area contributed by atoms with Crippen LogP contribution in [-0.4, -0.2) is 25.8 Å². The number of rotatable bonds is 7. The van der Waals surface area contributed by atoms with Crippen molar-refractivity contribution in [3.63, 3.8) is 0 Å². The number of hydrogen-bond acceptors (Lipinski definition) is 2. The summed E-state index contributed by atoms with van der Waals surface area (Å²) < 4.78 is 5.68. The number of hydrogen-bond donors (Lipinski definition) is 1. The fraction of sp³-hybridized carbons (Fsp3) is 0.667. The number of ether oxygens (including phenoxy) is 1. The first-order valence-electron chi connectivity index (χ1n) is 8.17. The maximum Gasteiger partial charge on any atom is 0.0509 e. The van der Waals surface area contributed by atoms with E-state index in [-0.39, 0.29) is 0 Å². The number of aryl methyl sites for hydroxylation is 2. The van der Waals surface area contributed by atoms with Crippen LogP contribution < -0.4 is 5.32 Å². The number of benzene rings is 1. The Morgan fingerprint density at radius 3 is 2.90 bits per heavy atom. The molecule has 1 saturated heterocycles. The van der Waals surface area contributed by atoms with Crippen LogP contribution in [0.4, 0.5) is 0 Å². The van der Waals surface area contributed by atoms with Crippen molar-refractivity contribution in [1.29, 1.82) is 0 Å². The lowest BCUT2D eigenvalue weighted by Gasteiger charge is -2.31. The van der Waals surface area contributed by atoms with Crippen LogP contribution in [0.2, 0.25) is 0 Å². The lowest BCUT2D eigenvalue weighted by Crippen LogP contribution is -2.41. The van der Waals surface area contributed by atoms with Crippen molar-refractivity contribution in [1.82, 2.24) is 5.32 Å². The van der Waals surface area contributed by atoms with E-state index < -0.39 is 0 Å². The van der Waals surface area contributed by atoms with E-state index in [0.717, 1.165) is 19.8 Å². The van der Waals surface area contributed by atoms with E-state index >= 15 is 0 Å². The van der Waals surface area contributed by atoms with Gasteiger partial charge in [0.15, 0.2) is 0 Å². The molecule has 0 bridgehead atoms. The zero-order valence-corrected chi connectivity index (χ0v) is 13.0. The summed E-state index contributed by atoms with van der Waals surface area (Å²) in [6.45, 7) is 7.47. The summed E-state index contributed by atoms with van der Waals surface area (Å²) in [5.41, 5.74) is 2.91. The molecule has 0 radical (unpaired) electrons. The topological polar surface area (TPSA) is 21.3 Å². The lowest BCUT2D eigenvalue weighted by atomic mass is 9.89. The summed E-state index contributed by atoms with van der Waals surface area (Å²) in [7, 11) is 0. The Kier molecular flexibility index (Phi) is 6.55. The molecule has 1 aliphatic heterocycles. The highest BCUT2D eigenvalue weighted by atomic mass is 16.5. The molecular weight excluding hydrogens is 246 g/mol. The molecule has 1 heterocycles. The summed E-state index contributed by atoms with van der Waals surface area (Å²) in [5, 5.41) is 3.75. The van der Waals surface area contributed by atoms with E-state index in [2.05, 4.69) is 43.4 Å². The molecule has 1 aromatic carbocycles. The Balaban J connectivity index is 1.91. The van der Waals surface area contributed by atoms with Crippen molar-refractivity contribution >= 4 is 0 Å². The van der Waals surface area contributed by atoms with E-state index in [1.807, 2.05) is 0 Å². The van der Waals surface area contributed by atoms with Crippen molar-refractivity contribution in [3.8, 4) is 0 Å². The highest BCUT2D eigenvalue weighted by Gasteiger charge is 2.23. The van der Waals surface area contributed by atoms with Gasteiger partial charge in [0.2, 0.25) is 0 Å². The second-order valence-corrected chi connectivity index (χ2v) is 6.00. The first-order chi connectivity index (χ1) is 9.81. The van der Waals surface area contributed by atoms with Crippen LogP contribution in [-0.2, 0) is 11.2 Å². The molecule has 0 amide bonds. The van der Waals surface area contributed by atoms with Crippen LogP contribution in [0.3, 0.4) is 0 Å². The largest absolute Gasteiger partial charge is 0.381 e. The Morgan fingerprint density at radius 1 is 1.35 bits per heavy atom. The maximum atomic E-state index is 5.68. The molecule has 0 aromatic heterocycles. The van der Waals surface area contributed by atoms with Crippen LogP contribution in [0.15, 0.2) is 24.3 Å². The third kappa shape index (κ3) is 4.60. The van der Waals surface area contributed by atoms with Gasteiger partial charge in [-0.3, -0.25) is 0 Å². The Morgan fingerprint density at radius 2 is 2.20 bits per heavy atom.